The van der Waals surface area contributed by atoms with Gasteiger partial charge in [-0.1, -0.05) is 39.0 Å². The molecular weight excluding hydrogens is 186 g/mol. The van der Waals surface area contributed by atoms with E-state index >= 15 is 0 Å². The summed E-state index contributed by atoms with van der Waals surface area (Å²) in [7, 11) is 2.11. The minimum absolute atomic E-state index is 0.296. The van der Waals surface area contributed by atoms with Crippen molar-refractivity contribution in [3.05, 3.63) is 0 Å². The SMILES string of the molecule is CCCCCCCCN(C)CCC(=N)N. The molecule has 3 N–H and O–H groups in total. The molecule has 0 amide bonds. The van der Waals surface area contributed by atoms with Gasteiger partial charge in [-0.15, -0.1) is 0 Å². The van der Waals surface area contributed by atoms with E-state index in [2.05, 4.69) is 18.9 Å². The van der Waals surface area contributed by atoms with E-state index in [1.165, 1.54) is 38.5 Å². The van der Waals surface area contributed by atoms with Gasteiger partial charge in [0.1, 0.15) is 0 Å². The summed E-state index contributed by atoms with van der Waals surface area (Å²) in [4.78, 5) is 2.27. The molecule has 0 radical (unpaired) electrons. The van der Waals surface area contributed by atoms with Crippen molar-refractivity contribution in [1.29, 1.82) is 5.41 Å². The van der Waals surface area contributed by atoms with Crippen molar-refractivity contribution < 1.29 is 0 Å². The van der Waals surface area contributed by atoms with Crippen LogP contribution in [0.3, 0.4) is 0 Å². The van der Waals surface area contributed by atoms with Gasteiger partial charge in [-0.05, 0) is 20.0 Å². The number of amidine groups is 1. The van der Waals surface area contributed by atoms with Gasteiger partial charge in [-0.2, -0.15) is 0 Å². The molecule has 0 aliphatic heterocycles. The molecule has 90 valence electrons. The van der Waals surface area contributed by atoms with Crippen LogP contribution in [-0.2, 0) is 0 Å². The van der Waals surface area contributed by atoms with Crippen LogP contribution < -0.4 is 5.73 Å². The van der Waals surface area contributed by atoms with Crippen LogP contribution in [0.25, 0.3) is 0 Å². The van der Waals surface area contributed by atoms with Gasteiger partial charge in [-0.3, -0.25) is 5.41 Å². The normalized spacial score (nSPS) is 10.9. The Kier molecular flexibility index (Phi) is 9.59. The number of nitrogens with zero attached hydrogens (tertiary/aromatic N) is 1. The van der Waals surface area contributed by atoms with E-state index in [0.717, 1.165) is 13.1 Å². The molecule has 3 nitrogen and oxygen atoms in total. The molecule has 0 aromatic carbocycles. The molecule has 0 aromatic rings. The van der Waals surface area contributed by atoms with Gasteiger partial charge in [0, 0.05) is 13.0 Å². The van der Waals surface area contributed by atoms with E-state index < -0.39 is 0 Å². The van der Waals surface area contributed by atoms with E-state index in [9.17, 15) is 0 Å². The number of unbranched alkanes of at least 4 members (excludes halogenated alkanes) is 5. The second kappa shape index (κ2) is 9.97. The number of nitrogens with two attached hydrogens (primary N) is 1. The predicted octanol–water partition coefficient (Wildman–Crippen LogP) is 2.60. The fraction of sp³-hybridized carbons (Fsp3) is 0.917. The Bertz CT molecular complexity index is 157. The Balaban J connectivity index is 3.16. The maximum Gasteiger partial charge on any atom is 0.0918 e. The van der Waals surface area contributed by atoms with Gasteiger partial charge in [0.15, 0.2) is 0 Å². The van der Waals surface area contributed by atoms with Gasteiger partial charge >= 0.3 is 0 Å². The summed E-state index contributed by atoms with van der Waals surface area (Å²) in [5.41, 5.74) is 5.31. The highest BCUT2D eigenvalue weighted by Crippen LogP contribution is 2.05. The van der Waals surface area contributed by atoms with Crippen LogP contribution >= 0.6 is 0 Å². The van der Waals surface area contributed by atoms with Crippen LogP contribution in [-0.4, -0.2) is 30.9 Å². The minimum atomic E-state index is 0.296. The van der Waals surface area contributed by atoms with Crippen molar-refractivity contribution in [2.24, 2.45) is 5.73 Å². The third-order valence-electron chi connectivity index (χ3n) is 2.66. The Morgan fingerprint density at radius 2 is 1.67 bits per heavy atom. The third kappa shape index (κ3) is 11.4. The predicted molar refractivity (Wildman–Crippen MR) is 67.4 cm³/mol. The number of hydrogen-bond donors (Lipinski definition) is 2. The van der Waals surface area contributed by atoms with Gasteiger partial charge in [0.05, 0.1) is 5.84 Å². The van der Waals surface area contributed by atoms with Crippen LogP contribution in [0.1, 0.15) is 51.9 Å². The van der Waals surface area contributed by atoms with E-state index in [-0.39, 0.29) is 0 Å². The molecule has 0 rings (SSSR count). The summed E-state index contributed by atoms with van der Waals surface area (Å²) < 4.78 is 0. The van der Waals surface area contributed by atoms with Crippen molar-refractivity contribution in [2.45, 2.75) is 51.9 Å². The summed E-state index contributed by atoms with van der Waals surface area (Å²) in [5, 5.41) is 7.13. The molecule has 0 bridgehead atoms. The Morgan fingerprint density at radius 3 is 2.27 bits per heavy atom. The second-order valence-corrected chi connectivity index (χ2v) is 4.35. The lowest BCUT2D eigenvalue weighted by atomic mass is 10.1. The first-order valence-electron chi connectivity index (χ1n) is 6.18. The molecule has 0 aliphatic rings. The molecule has 15 heavy (non-hydrogen) atoms. The fourth-order valence-electron chi connectivity index (χ4n) is 1.59. The quantitative estimate of drug-likeness (QED) is 0.333. The lowest BCUT2D eigenvalue weighted by Gasteiger charge is -2.15. The zero-order valence-corrected chi connectivity index (χ0v) is 10.4. The van der Waals surface area contributed by atoms with E-state index in [4.69, 9.17) is 11.1 Å². The molecule has 3 heteroatoms. The molecule has 0 saturated carbocycles. The maximum atomic E-state index is 7.13. The van der Waals surface area contributed by atoms with E-state index in [1.54, 1.807) is 0 Å². The van der Waals surface area contributed by atoms with Gasteiger partial charge in [0.25, 0.3) is 0 Å². The standard InChI is InChI=1S/C12H27N3/c1-3-4-5-6-7-8-10-15(2)11-9-12(13)14/h3-11H2,1-2H3,(H3,13,14). The Morgan fingerprint density at radius 1 is 1.07 bits per heavy atom. The van der Waals surface area contributed by atoms with Crippen molar-refractivity contribution in [2.75, 3.05) is 20.1 Å². The number of rotatable bonds is 10. The first-order valence-corrected chi connectivity index (χ1v) is 6.18. The van der Waals surface area contributed by atoms with Crippen molar-refractivity contribution in [3.63, 3.8) is 0 Å². The lowest BCUT2D eigenvalue weighted by molar-refractivity contribution is 0.332. The highest BCUT2D eigenvalue weighted by atomic mass is 15.1. The number of hydrogen-bond acceptors (Lipinski definition) is 2. The molecule has 0 aliphatic carbocycles. The van der Waals surface area contributed by atoms with Crippen LogP contribution in [0.4, 0.5) is 0 Å². The van der Waals surface area contributed by atoms with Crippen molar-refractivity contribution >= 4 is 5.84 Å². The molecule has 0 heterocycles. The Hall–Kier alpha value is -0.570. The third-order valence-corrected chi connectivity index (χ3v) is 2.66. The second-order valence-electron chi connectivity index (χ2n) is 4.35. The highest BCUT2D eigenvalue weighted by molar-refractivity contribution is 5.76. The smallest absolute Gasteiger partial charge is 0.0918 e. The molecule has 0 spiro atoms. The Labute approximate surface area is 94.5 Å². The molecular formula is C12H27N3. The molecule has 0 atom stereocenters. The van der Waals surface area contributed by atoms with Crippen LogP contribution in [0, 0.1) is 5.41 Å². The molecule has 0 unspecified atom stereocenters. The average Bonchev–Trinajstić information content (AvgIpc) is 2.20. The summed E-state index contributed by atoms with van der Waals surface area (Å²) in [6.45, 7) is 4.30. The minimum Gasteiger partial charge on any atom is -0.388 e. The largest absolute Gasteiger partial charge is 0.388 e. The van der Waals surface area contributed by atoms with Gasteiger partial charge in [-0.25, -0.2) is 0 Å². The van der Waals surface area contributed by atoms with Gasteiger partial charge in [0.2, 0.25) is 0 Å². The summed E-state index contributed by atoms with van der Waals surface area (Å²) in [6, 6.07) is 0. The lowest BCUT2D eigenvalue weighted by Crippen LogP contribution is -2.25. The van der Waals surface area contributed by atoms with Crippen LogP contribution in [0.5, 0.6) is 0 Å². The van der Waals surface area contributed by atoms with E-state index in [0.29, 0.717) is 12.3 Å². The first kappa shape index (κ1) is 14.4. The van der Waals surface area contributed by atoms with Crippen LogP contribution in [0.2, 0.25) is 0 Å². The van der Waals surface area contributed by atoms with Gasteiger partial charge < -0.3 is 10.6 Å². The van der Waals surface area contributed by atoms with E-state index in [1.807, 2.05) is 0 Å². The molecule has 0 aromatic heterocycles. The zero-order valence-electron chi connectivity index (χ0n) is 10.4. The molecule has 0 saturated heterocycles. The summed E-state index contributed by atoms with van der Waals surface area (Å²) in [6.07, 6.45) is 8.76. The fourth-order valence-corrected chi connectivity index (χ4v) is 1.59. The number of nitrogens with one attached hydrogen (secondary N) is 1. The molecule has 0 fully saturated rings. The zero-order chi connectivity index (χ0) is 11.5. The summed E-state index contributed by atoms with van der Waals surface area (Å²) >= 11 is 0. The van der Waals surface area contributed by atoms with Crippen molar-refractivity contribution in [1.82, 2.24) is 4.90 Å². The summed E-state index contributed by atoms with van der Waals surface area (Å²) in [5.74, 6) is 0.296. The van der Waals surface area contributed by atoms with Crippen molar-refractivity contribution in [3.8, 4) is 0 Å². The highest BCUT2D eigenvalue weighted by Gasteiger charge is 1.98. The average molecular weight is 213 g/mol. The topological polar surface area (TPSA) is 53.1 Å². The maximum absolute atomic E-state index is 7.13. The van der Waals surface area contributed by atoms with Crippen LogP contribution in [0.15, 0.2) is 0 Å². The first-order chi connectivity index (χ1) is 7.16. The monoisotopic (exact) mass is 213 g/mol.